The molecule has 1 aromatic rings. The highest BCUT2D eigenvalue weighted by Crippen LogP contribution is 2.11. The Morgan fingerprint density at radius 2 is 2.22 bits per heavy atom. The van der Waals surface area contributed by atoms with E-state index >= 15 is 0 Å². The van der Waals surface area contributed by atoms with Crippen LogP contribution in [0.2, 0.25) is 0 Å². The van der Waals surface area contributed by atoms with E-state index in [2.05, 4.69) is 4.98 Å². The minimum absolute atomic E-state index is 0.00643. The maximum Gasteiger partial charge on any atom is 0.349 e. The highest BCUT2D eigenvalue weighted by Gasteiger charge is 2.10. The molecule has 1 heterocycles. The molecule has 6 heteroatoms. The molecule has 0 aliphatic heterocycles. The van der Waals surface area contributed by atoms with E-state index in [9.17, 15) is 9.59 Å². The van der Waals surface area contributed by atoms with E-state index in [-0.39, 0.29) is 29.9 Å². The number of ether oxygens (including phenoxy) is 1. The first-order valence-corrected chi connectivity index (χ1v) is 5.98. The van der Waals surface area contributed by atoms with Crippen molar-refractivity contribution in [1.82, 2.24) is 9.55 Å². The van der Waals surface area contributed by atoms with Crippen molar-refractivity contribution in [2.45, 2.75) is 39.7 Å². The van der Waals surface area contributed by atoms with Gasteiger partial charge in [0.15, 0.2) is 0 Å². The van der Waals surface area contributed by atoms with Gasteiger partial charge in [0.05, 0.1) is 6.61 Å². The van der Waals surface area contributed by atoms with Crippen molar-refractivity contribution in [2.24, 2.45) is 0 Å². The van der Waals surface area contributed by atoms with E-state index in [1.807, 2.05) is 13.8 Å². The zero-order chi connectivity index (χ0) is 13.7. The summed E-state index contributed by atoms with van der Waals surface area (Å²) in [6.07, 6.45) is 2.31. The summed E-state index contributed by atoms with van der Waals surface area (Å²) in [7, 11) is 0. The van der Waals surface area contributed by atoms with Gasteiger partial charge in [0.1, 0.15) is 5.82 Å². The first kappa shape index (κ1) is 14.2. The Labute approximate surface area is 106 Å². The van der Waals surface area contributed by atoms with Gasteiger partial charge in [-0.3, -0.25) is 9.36 Å². The zero-order valence-electron chi connectivity index (χ0n) is 11.0. The number of anilines is 1. The van der Waals surface area contributed by atoms with Crippen LogP contribution < -0.4 is 11.4 Å². The predicted molar refractivity (Wildman–Crippen MR) is 68.2 cm³/mol. The second-order valence-corrected chi connectivity index (χ2v) is 4.24. The second-order valence-electron chi connectivity index (χ2n) is 4.24. The fourth-order valence-electron chi connectivity index (χ4n) is 1.55. The van der Waals surface area contributed by atoms with Crippen LogP contribution in [-0.2, 0) is 16.0 Å². The van der Waals surface area contributed by atoms with Gasteiger partial charge >= 0.3 is 11.7 Å². The minimum Gasteiger partial charge on any atom is -0.466 e. The molecule has 0 saturated carbocycles. The van der Waals surface area contributed by atoms with Crippen molar-refractivity contribution in [3.8, 4) is 0 Å². The molecule has 18 heavy (non-hydrogen) atoms. The van der Waals surface area contributed by atoms with Gasteiger partial charge in [-0.1, -0.05) is 0 Å². The lowest BCUT2D eigenvalue weighted by Crippen LogP contribution is -2.26. The highest BCUT2D eigenvalue weighted by molar-refractivity contribution is 5.69. The van der Waals surface area contributed by atoms with Crippen molar-refractivity contribution >= 4 is 11.8 Å². The van der Waals surface area contributed by atoms with E-state index in [1.54, 1.807) is 13.1 Å². The largest absolute Gasteiger partial charge is 0.466 e. The fraction of sp³-hybridized carbons (Fsp3) is 0.583. The number of aromatic nitrogens is 2. The first-order valence-electron chi connectivity index (χ1n) is 5.98. The van der Waals surface area contributed by atoms with Crippen molar-refractivity contribution in [1.29, 1.82) is 0 Å². The maximum atomic E-state index is 11.6. The third-order valence-electron chi connectivity index (χ3n) is 2.52. The lowest BCUT2D eigenvalue weighted by atomic mass is 10.1. The summed E-state index contributed by atoms with van der Waals surface area (Å²) in [6, 6.07) is 0.00643. The van der Waals surface area contributed by atoms with Crippen LogP contribution in [0.25, 0.3) is 0 Å². The van der Waals surface area contributed by atoms with E-state index in [0.717, 1.165) is 0 Å². The Kier molecular flexibility index (Phi) is 4.88. The molecule has 0 fully saturated rings. The predicted octanol–water partition coefficient (Wildman–Crippen LogP) is 0.902. The van der Waals surface area contributed by atoms with Gasteiger partial charge in [-0.15, -0.1) is 0 Å². The quantitative estimate of drug-likeness (QED) is 0.788. The standard InChI is InChI=1S/C12H19N3O3/c1-4-18-10(16)6-5-9-7-15(8(2)3)12(17)14-11(9)13/h7-8H,4-6H2,1-3H3,(H2,13,14,17). The third kappa shape index (κ3) is 3.58. The third-order valence-corrected chi connectivity index (χ3v) is 2.52. The van der Waals surface area contributed by atoms with Gasteiger partial charge in [-0.25, -0.2) is 4.79 Å². The van der Waals surface area contributed by atoms with E-state index in [4.69, 9.17) is 10.5 Å². The number of nitrogen functional groups attached to an aromatic ring is 1. The van der Waals surface area contributed by atoms with Crippen molar-refractivity contribution < 1.29 is 9.53 Å². The Hall–Kier alpha value is -1.85. The first-order chi connectivity index (χ1) is 8.45. The van der Waals surface area contributed by atoms with Crippen LogP contribution in [0, 0.1) is 0 Å². The molecule has 0 amide bonds. The van der Waals surface area contributed by atoms with Crippen LogP contribution in [0.4, 0.5) is 5.82 Å². The van der Waals surface area contributed by atoms with Gasteiger partial charge in [0.2, 0.25) is 0 Å². The molecular weight excluding hydrogens is 234 g/mol. The molecule has 100 valence electrons. The number of hydrogen-bond acceptors (Lipinski definition) is 5. The normalized spacial score (nSPS) is 10.7. The molecule has 0 spiro atoms. The summed E-state index contributed by atoms with van der Waals surface area (Å²) >= 11 is 0. The molecule has 0 atom stereocenters. The number of esters is 1. The summed E-state index contributed by atoms with van der Waals surface area (Å²) in [4.78, 5) is 26.6. The summed E-state index contributed by atoms with van der Waals surface area (Å²) < 4.78 is 6.33. The van der Waals surface area contributed by atoms with Crippen LogP contribution in [0.1, 0.15) is 38.8 Å². The SMILES string of the molecule is CCOC(=O)CCc1cn(C(C)C)c(=O)nc1N. The monoisotopic (exact) mass is 253 g/mol. The zero-order valence-corrected chi connectivity index (χ0v) is 11.0. The van der Waals surface area contributed by atoms with Gasteiger partial charge in [0.25, 0.3) is 0 Å². The fourth-order valence-corrected chi connectivity index (χ4v) is 1.55. The number of carbonyl (C=O) groups is 1. The maximum absolute atomic E-state index is 11.6. The Morgan fingerprint density at radius 3 is 2.78 bits per heavy atom. The Balaban J connectivity index is 2.86. The molecular formula is C12H19N3O3. The Morgan fingerprint density at radius 1 is 1.56 bits per heavy atom. The number of rotatable bonds is 5. The molecule has 2 N–H and O–H groups in total. The molecule has 0 saturated heterocycles. The molecule has 0 aliphatic rings. The number of aryl methyl sites for hydroxylation is 1. The summed E-state index contributed by atoms with van der Waals surface area (Å²) in [5.74, 6) is -0.0969. The molecule has 0 aliphatic carbocycles. The van der Waals surface area contributed by atoms with Gasteiger partial charge in [-0.05, 0) is 27.2 Å². The number of hydrogen-bond donors (Lipinski definition) is 1. The molecule has 1 rings (SSSR count). The lowest BCUT2D eigenvalue weighted by Gasteiger charge is -2.12. The van der Waals surface area contributed by atoms with E-state index in [0.29, 0.717) is 18.6 Å². The van der Waals surface area contributed by atoms with Crippen LogP contribution in [-0.4, -0.2) is 22.1 Å². The van der Waals surface area contributed by atoms with Gasteiger partial charge in [-0.2, -0.15) is 4.98 Å². The van der Waals surface area contributed by atoms with Crippen LogP contribution >= 0.6 is 0 Å². The number of carbonyl (C=O) groups excluding carboxylic acids is 1. The minimum atomic E-state index is -0.373. The van der Waals surface area contributed by atoms with Crippen molar-refractivity contribution in [2.75, 3.05) is 12.3 Å². The molecule has 1 aromatic heterocycles. The van der Waals surface area contributed by atoms with E-state index in [1.165, 1.54) is 4.57 Å². The average Bonchev–Trinajstić information content (AvgIpc) is 2.27. The molecule has 0 unspecified atom stereocenters. The van der Waals surface area contributed by atoms with Gasteiger partial charge < -0.3 is 10.5 Å². The highest BCUT2D eigenvalue weighted by atomic mass is 16.5. The second kappa shape index (κ2) is 6.18. The van der Waals surface area contributed by atoms with Gasteiger partial charge in [0, 0.05) is 24.2 Å². The van der Waals surface area contributed by atoms with Crippen molar-refractivity contribution in [3.63, 3.8) is 0 Å². The topological polar surface area (TPSA) is 87.2 Å². The Bertz CT molecular complexity index is 480. The number of nitrogens with zero attached hydrogens (tertiary/aromatic N) is 2. The summed E-state index contributed by atoms with van der Waals surface area (Å²) in [5, 5.41) is 0. The summed E-state index contributed by atoms with van der Waals surface area (Å²) in [5.41, 5.74) is 5.99. The van der Waals surface area contributed by atoms with Crippen LogP contribution in [0.15, 0.2) is 11.0 Å². The lowest BCUT2D eigenvalue weighted by molar-refractivity contribution is -0.143. The average molecular weight is 253 g/mol. The molecule has 0 radical (unpaired) electrons. The smallest absolute Gasteiger partial charge is 0.349 e. The number of nitrogens with two attached hydrogens (primary N) is 1. The van der Waals surface area contributed by atoms with E-state index < -0.39 is 0 Å². The molecule has 6 nitrogen and oxygen atoms in total. The summed E-state index contributed by atoms with van der Waals surface area (Å²) in [6.45, 7) is 5.88. The van der Waals surface area contributed by atoms with Crippen molar-refractivity contribution in [3.05, 3.63) is 22.2 Å². The molecule has 0 bridgehead atoms. The van der Waals surface area contributed by atoms with Crippen LogP contribution in [0.5, 0.6) is 0 Å². The molecule has 0 aromatic carbocycles. The van der Waals surface area contributed by atoms with Crippen LogP contribution in [0.3, 0.4) is 0 Å².